The van der Waals surface area contributed by atoms with Gasteiger partial charge in [0.15, 0.2) is 0 Å². The van der Waals surface area contributed by atoms with Crippen LogP contribution in [0.25, 0.3) is 0 Å². The molecule has 7 heteroatoms. The first kappa shape index (κ1) is 19.1. The number of hydrogen-bond donors (Lipinski definition) is 2. The summed E-state index contributed by atoms with van der Waals surface area (Å²) in [5, 5.41) is 0. The number of nitrogen functional groups attached to an aromatic ring is 1. The van der Waals surface area contributed by atoms with Gasteiger partial charge in [0.2, 0.25) is 0 Å². The van der Waals surface area contributed by atoms with Crippen LogP contribution < -0.4 is 11.5 Å². The van der Waals surface area contributed by atoms with Crippen molar-refractivity contribution in [2.45, 2.75) is 52.3 Å². The van der Waals surface area contributed by atoms with E-state index in [1.165, 1.54) is 12.1 Å². The number of amides is 1. The predicted octanol–water partition coefficient (Wildman–Crippen LogP) is 4.29. The molecule has 23 heavy (non-hydrogen) atoms. The maximum Gasteiger partial charge on any atom is 0.416 e. The first-order chi connectivity index (χ1) is 10.2. The highest BCUT2D eigenvalue weighted by molar-refractivity contribution is 5.65. The zero-order chi connectivity index (χ0) is 18.2. The van der Waals surface area contributed by atoms with Crippen LogP contribution in [0.5, 0.6) is 0 Å². The first-order valence-corrected chi connectivity index (χ1v) is 7.11. The van der Waals surface area contributed by atoms with E-state index >= 15 is 0 Å². The van der Waals surface area contributed by atoms with Crippen molar-refractivity contribution in [2.75, 3.05) is 5.73 Å². The highest BCUT2D eigenvalue weighted by Crippen LogP contribution is 2.48. The zero-order valence-corrected chi connectivity index (χ0v) is 13.9. The van der Waals surface area contributed by atoms with E-state index in [9.17, 15) is 18.0 Å². The fourth-order valence-electron chi connectivity index (χ4n) is 3.27. The van der Waals surface area contributed by atoms with Crippen molar-refractivity contribution in [1.82, 2.24) is 0 Å². The summed E-state index contributed by atoms with van der Waals surface area (Å²) >= 11 is 0. The first-order valence-electron chi connectivity index (χ1n) is 7.11. The van der Waals surface area contributed by atoms with E-state index in [1.807, 2.05) is 0 Å². The number of benzene rings is 1. The number of halogens is 3. The van der Waals surface area contributed by atoms with Crippen molar-refractivity contribution in [2.24, 2.45) is 11.1 Å². The summed E-state index contributed by atoms with van der Waals surface area (Å²) in [5.41, 5.74) is 7.93. The van der Waals surface area contributed by atoms with Crippen molar-refractivity contribution in [3.05, 3.63) is 29.3 Å². The lowest BCUT2D eigenvalue weighted by Crippen LogP contribution is -2.43. The third kappa shape index (κ3) is 4.53. The van der Waals surface area contributed by atoms with Gasteiger partial charge >= 0.3 is 12.3 Å². The largest absolute Gasteiger partial charge is 0.443 e. The summed E-state index contributed by atoms with van der Waals surface area (Å²) in [4.78, 5) is 11.2. The van der Waals surface area contributed by atoms with Gasteiger partial charge in [0.1, 0.15) is 5.60 Å². The molecular weight excluding hydrogens is 309 g/mol. The summed E-state index contributed by atoms with van der Waals surface area (Å²) in [6.07, 6.45) is -5.61. The third-order valence-electron chi connectivity index (χ3n) is 3.62. The van der Waals surface area contributed by atoms with Gasteiger partial charge in [-0.1, -0.05) is 26.8 Å². The summed E-state index contributed by atoms with van der Waals surface area (Å²) in [6, 6.07) is 3.64. The van der Waals surface area contributed by atoms with Gasteiger partial charge < -0.3 is 16.2 Å². The van der Waals surface area contributed by atoms with Crippen molar-refractivity contribution in [3.8, 4) is 0 Å². The van der Waals surface area contributed by atoms with E-state index < -0.39 is 34.8 Å². The van der Waals surface area contributed by atoms with Crippen molar-refractivity contribution in [1.29, 1.82) is 0 Å². The molecule has 0 aliphatic carbocycles. The Morgan fingerprint density at radius 3 is 2.04 bits per heavy atom. The van der Waals surface area contributed by atoms with Gasteiger partial charge in [0, 0.05) is 11.6 Å². The molecule has 0 radical (unpaired) electrons. The molecule has 0 saturated heterocycles. The van der Waals surface area contributed by atoms with Crippen LogP contribution in [0.3, 0.4) is 0 Å². The van der Waals surface area contributed by atoms with E-state index in [-0.39, 0.29) is 11.3 Å². The van der Waals surface area contributed by atoms with Crippen molar-refractivity contribution < 1.29 is 22.7 Å². The minimum Gasteiger partial charge on any atom is -0.443 e. The smallest absolute Gasteiger partial charge is 0.416 e. The second-order valence-electron chi connectivity index (χ2n) is 7.17. The van der Waals surface area contributed by atoms with Crippen molar-refractivity contribution in [3.63, 3.8) is 0 Å². The molecule has 0 aliphatic heterocycles. The van der Waals surface area contributed by atoms with Crippen molar-refractivity contribution >= 4 is 11.8 Å². The highest BCUT2D eigenvalue weighted by Gasteiger charge is 2.46. The van der Waals surface area contributed by atoms with E-state index in [4.69, 9.17) is 16.2 Å². The maximum atomic E-state index is 13.4. The molecule has 130 valence electrons. The molecule has 1 aromatic rings. The quantitative estimate of drug-likeness (QED) is 0.810. The molecule has 0 heterocycles. The lowest BCUT2D eigenvalue weighted by Gasteiger charge is -2.43. The number of alkyl halides is 3. The number of anilines is 1. The normalized spacial score (nSPS) is 14.4. The van der Waals surface area contributed by atoms with Crippen LogP contribution in [-0.2, 0) is 10.9 Å². The van der Waals surface area contributed by atoms with Gasteiger partial charge in [-0.2, -0.15) is 13.2 Å². The average Bonchev–Trinajstić information content (AvgIpc) is 2.25. The molecule has 4 nitrogen and oxygen atoms in total. The number of primary amides is 1. The lowest BCUT2D eigenvalue weighted by molar-refractivity contribution is -0.139. The number of nitrogens with two attached hydrogens (primary N) is 2. The van der Waals surface area contributed by atoms with E-state index in [2.05, 4.69) is 0 Å². The average molecular weight is 332 g/mol. The second-order valence-corrected chi connectivity index (χ2v) is 7.17. The number of rotatable bonds is 3. The van der Waals surface area contributed by atoms with Crippen LogP contribution >= 0.6 is 0 Å². The minimum absolute atomic E-state index is 0.0161. The molecule has 1 rings (SSSR count). The molecule has 0 aromatic heterocycles. The Morgan fingerprint density at radius 1 is 1.13 bits per heavy atom. The van der Waals surface area contributed by atoms with Gasteiger partial charge in [-0.3, -0.25) is 0 Å². The van der Waals surface area contributed by atoms with Crippen LogP contribution in [0.4, 0.5) is 23.7 Å². The number of hydrogen-bond acceptors (Lipinski definition) is 3. The molecule has 1 aromatic carbocycles. The SMILES string of the molecule is CC(C)(C)C(c1ccc(N)cc1C(F)(F)F)C(C)(C)OC(N)=O. The molecule has 1 unspecified atom stereocenters. The zero-order valence-electron chi connectivity index (χ0n) is 13.9. The Hall–Kier alpha value is -1.92. The molecule has 0 fully saturated rings. The molecule has 0 spiro atoms. The topological polar surface area (TPSA) is 78.3 Å². The molecule has 0 bridgehead atoms. The van der Waals surface area contributed by atoms with Crippen LogP contribution in [-0.4, -0.2) is 11.7 Å². The number of carbonyl (C=O) groups is 1. The summed E-state index contributed by atoms with van der Waals surface area (Å²) in [7, 11) is 0. The van der Waals surface area contributed by atoms with Crippen LogP contribution in [0, 0.1) is 5.41 Å². The lowest BCUT2D eigenvalue weighted by atomic mass is 9.67. The van der Waals surface area contributed by atoms with Crippen LogP contribution in [0.15, 0.2) is 18.2 Å². The standard InChI is InChI=1S/C16H23F3N2O2/c1-14(2,3)12(15(4,5)23-13(21)22)10-7-6-9(20)8-11(10)16(17,18)19/h6-8,12H,20H2,1-5H3,(H2,21,22). The summed E-state index contributed by atoms with van der Waals surface area (Å²) < 4.78 is 45.4. The molecule has 0 saturated carbocycles. The Balaban J connectivity index is 3.61. The third-order valence-corrected chi connectivity index (χ3v) is 3.62. The van der Waals surface area contributed by atoms with Gasteiger partial charge in [-0.25, -0.2) is 4.79 Å². The predicted molar refractivity (Wildman–Crippen MR) is 82.8 cm³/mol. The molecule has 4 N–H and O–H groups in total. The van der Waals surface area contributed by atoms with E-state index in [1.54, 1.807) is 34.6 Å². The Kier molecular flexibility index (Phi) is 4.94. The summed E-state index contributed by atoms with van der Waals surface area (Å²) in [5.74, 6) is -0.750. The van der Waals surface area contributed by atoms with Gasteiger partial charge in [0.05, 0.1) is 5.56 Å². The van der Waals surface area contributed by atoms with Gasteiger partial charge in [-0.15, -0.1) is 0 Å². The van der Waals surface area contributed by atoms with Gasteiger partial charge in [0.25, 0.3) is 0 Å². The maximum absolute atomic E-state index is 13.4. The van der Waals surface area contributed by atoms with Crippen LogP contribution in [0.2, 0.25) is 0 Å². The molecule has 1 atom stereocenters. The van der Waals surface area contributed by atoms with Gasteiger partial charge in [-0.05, 0) is 37.0 Å². The molecule has 0 aliphatic rings. The second kappa shape index (κ2) is 5.94. The monoisotopic (exact) mass is 332 g/mol. The Bertz CT molecular complexity index is 590. The van der Waals surface area contributed by atoms with Crippen LogP contribution in [0.1, 0.15) is 51.7 Å². The molecule has 1 amide bonds. The Morgan fingerprint density at radius 2 is 1.65 bits per heavy atom. The molecular formula is C16H23F3N2O2. The minimum atomic E-state index is -4.57. The Labute approximate surface area is 134 Å². The number of ether oxygens (including phenoxy) is 1. The summed E-state index contributed by atoms with van der Waals surface area (Å²) in [6.45, 7) is 8.43. The number of carbonyl (C=O) groups excluding carboxylic acids is 1. The van der Waals surface area contributed by atoms with E-state index in [0.29, 0.717) is 0 Å². The van der Waals surface area contributed by atoms with E-state index in [0.717, 1.165) is 6.07 Å². The fraction of sp³-hybridized carbons (Fsp3) is 0.562. The highest BCUT2D eigenvalue weighted by atomic mass is 19.4. The fourth-order valence-corrected chi connectivity index (χ4v) is 3.27.